The second-order valence-electron chi connectivity index (χ2n) is 5.78. The molecule has 0 aromatic heterocycles. The van der Waals surface area contributed by atoms with Gasteiger partial charge in [-0.05, 0) is 44.8 Å². The number of aliphatic hydroxyl groups excluding tert-OH is 1. The Hall–Kier alpha value is 0.180. The molecule has 1 saturated heterocycles. The predicted molar refractivity (Wildman–Crippen MR) is 83.0 cm³/mol. The summed E-state index contributed by atoms with van der Waals surface area (Å²) in [6, 6.07) is -0.187. The van der Waals surface area contributed by atoms with Crippen molar-refractivity contribution >= 4 is 22.0 Å². The zero-order chi connectivity index (χ0) is 14.6. The summed E-state index contributed by atoms with van der Waals surface area (Å²) in [5.41, 5.74) is 0. The number of nitrogens with zero attached hydrogens (tertiary/aromatic N) is 1. The lowest BCUT2D eigenvalue weighted by molar-refractivity contribution is 0.153. The third kappa shape index (κ3) is 4.10. The molecule has 1 saturated carbocycles. The van der Waals surface area contributed by atoms with Gasteiger partial charge in [0.05, 0.1) is 6.61 Å². The van der Waals surface area contributed by atoms with E-state index in [2.05, 4.69) is 11.0 Å². The summed E-state index contributed by atoms with van der Waals surface area (Å²) in [6.45, 7) is 0.445. The molecule has 1 unspecified atom stereocenters. The van der Waals surface area contributed by atoms with Crippen LogP contribution in [0.1, 0.15) is 44.9 Å². The Labute approximate surface area is 126 Å². The maximum absolute atomic E-state index is 12.5. The lowest BCUT2D eigenvalue weighted by Crippen LogP contribution is -2.53. The van der Waals surface area contributed by atoms with Gasteiger partial charge < -0.3 is 5.11 Å². The fourth-order valence-corrected chi connectivity index (χ4v) is 5.64. The van der Waals surface area contributed by atoms with Crippen LogP contribution in [0.5, 0.6) is 0 Å². The first-order valence-electron chi connectivity index (χ1n) is 7.49. The fraction of sp³-hybridized carbons (Fsp3) is 1.00. The third-order valence-electron chi connectivity index (χ3n) is 4.42. The van der Waals surface area contributed by atoms with Crippen LogP contribution in [0.3, 0.4) is 0 Å². The van der Waals surface area contributed by atoms with Gasteiger partial charge in [-0.1, -0.05) is 6.42 Å². The summed E-state index contributed by atoms with van der Waals surface area (Å²) in [7, 11) is -3.45. The molecule has 0 aromatic carbocycles. The van der Waals surface area contributed by atoms with Crippen molar-refractivity contribution < 1.29 is 13.5 Å². The average Bonchev–Trinajstić information content (AvgIpc) is 2.47. The van der Waals surface area contributed by atoms with Crippen molar-refractivity contribution in [1.82, 2.24) is 9.03 Å². The Morgan fingerprint density at radius 3 is 2.50 bits per heavy atom. The number of piperidine rings is 1. The van der Waals surface area contributed by atoms with Crippen molar-refractivity contribution in [2.24, 2.45) is 0 Å². The second-order valence-corrected chi connectivity index (χ2v) is 8.57. The zero-order valence-electron chi connectivity index (χ0n) is 12.1. The van der Waals surface area contributed by atoms with E-state index >= 15 is 0 Å². The highest BCUT2D eigenvalue weighted by Gasteiger charge is 2.34. The van der Waals surface area contributed by atoms with Crippen molar-refractivity contribution in [3.05, 3.63) is 0 Å². The maximum atomic E-state index is 12.5. The Balaban J connectivity index is 1.93. The number of nitrogens with one attached hydrogen (secondary N) is 1. The van der Waals surface area contributed by atoms with Crippen molar-refractivity contribution in [3.63, 3.8) is 0 Å². The van der Waals surface area contributed by atoms with E-state index in [1.165, 1.54) is 4.31 Å². The fourth-order valence-electron chi connectivity index (χ4n) is 3.17. The lowest BCUT2D eigenvalue weighted by atomic mass is 9.96. The minimum absolute atomic E-state index is 0.0599. The van der Waals surface area contributed by atoms with Crippen LogP contribution in [0.4, 0.5) is 0 Å². The molecule has 0 radical (unpaired) electrons. The molecule has 1 atom stereocenters. The Morgan fingerprint density at radius 1 is 1.20 bits per heavy atom. The SMILES string of the molecule is CSC1CCC(NS(=O)(=O)N2CCCCC2CO)CC1. The average molecular weight is 322 g/mol. The largest absolute Gasteiger partial charge is 0.395 e. The highest BCUT2D eigenvalue weighted by atomic mass is 32.2. The molecule has 7 heteroatoms. The van der Waals surface area contributed by atoms with Crippen LogP contribution in [-0.2, 0) is 10.2 Å². The van der Waals surface area contributed by atoms with E-state index in [0.717, 1.165) is 44.9 Å². The molecule has 0 aromatic rings. The van der Waals surface area contributed by atoms with Gasteiger partial charge in [0.25, 0.3) is 10.2 Å². The normalized spacial score (nSPS) is 33.2. The first-order valence-corrected chi connectivity index (χ1v) is 10.2. The lowest BCUT2D eigenvalue weighted by Gasteiger charge is -2.36. The van der Waals surface area contributed by atoms with Gasteiger partial charge in [0.1, 0.15) is 0 Å². The van der Waals surface area contributed by atoms with Crippen LogP contribution in [0.2, 0.25) is 0 Å². The van der Waals surface area contributed by atoms with Gasteiger partial charge in [-0.25, -0.2) is 0 Å². The summed E-state index contributed by atoms with van der Waals surface area (Å²) in [5.74, 6) is 0. The van der Waals surface area contributed by atoms with Crippen LogP contribution < -0.4 is 4.72 Å². The summed E-state index contributed by atoms with van der Waals surface area (Å²) >= 11 is 1.88. The quantitative estimate of drug-likeness (QED) is 0.801. The number of aliphatic hydroxyl groups is 1. The summed E-state index contributed by atoms with van der Waals surface area (Å²) < 4.78 is 29.3. The number of rotatable bonds is 5. The standard InChI is InChI=1S/C13H26N2O3S2/c1-19-13-7-5-11(6-8-13)14-20(17,18)15-9-3-2-4-12(15)10-16/h11-14,16H,2-10H2,1H3. The van der Waals surface area contributed by atoms with Crippen LogP contribution in [0.15, 0.2) is 0 Å². The second kappa shape index (κ2) is 7.45. The molecule has 0 amide bonds. The van der Waals surface area contributed by atoms with E-state index < -0.39 is 10.2 Å². The molecule has 2 N–H and O–H groups in total. The monoisotopic (exact) mass is 322 g/mol. The van der Waals surface area contributed by atoms with Crippen LogP contribution in [0.25, 0.3) is 0 Å². The van der Waals surface area contributed by atoms with Gasteiger partial charge in [0.2, 0.25) is 0 Å². The zero-order valence-corrected chi connectivity index (χ0v) is 13.8. The first kappa shape index (κ1) is 16.5. The molecule has 5 nitrogen and oxygen atoms in total. The maximum Gasteiger partial charge on any atom is 0.280 e. The van der Waals surface area contributed by atoms with E-state index in [1.54, 1.807) is 0 Å². The number of hydrogen-bond donors (Lipinski definition) is 2. The number of thioether (sulfide) groups is 1. The van der Waals surface area contributed by atoms with Crippen LogP contribution in [-0.4, -0.2) is 54.6 Å². The van der Waals surface area contributed by atoms with Crippen molar-refractivity contribution in [1.29, 1.82) is 0 Å². The minimum atomic E-state index is -3.45. The smallest absolute Gasteiger partial charge is 0.280 e. The predicted octanol–water partition coefficient (Wildman–Crippen LogP) is 1.34. The molecule has 2 aliphatic rings. The molecule has 20 heavy (non-hydrogen) atoms. The highest BCUT2D eigenvalue weighted by Crippen LogP contribution is 2.28. The Morgan fingerprint density at radius 2 is 1.90 bits per heavy atom. The van der Waals surface area contributed by atoms with Gasteiger partial charge in [0.15, 0.2) is 0 Å². The molecular weight excluding hydrogens is 296 g/mol. The summed E-state index contributed by atoms with van der Waals surface area (Å²) in [4.78, 5) is 0. The highest BCUT2D eigenvalue weighted by molar-refractivity contribution is 7.99. The van der Waals surface area contributed by atoms with E-state index in [0.29, 0.717) is 11.8 Å². The number of hydrogen-bond acceptors (Lipinski definition) is 4. The molecule has 0 bridgehead atoms. The Bertz CT molecular complexity index is 394. The Kier molecular flexibility index (Phi) is 6.16. The third-order valence-corrected chi connectivity index (χ3v) is 7.28. The van der Waals surface area contributed by atoms with E-state index in [1.807, 2.05) is 11.8 Å². The first-order chi connectivity index (χ1) is 9.56. The molecular formula is C13H26N2O3S2. The molecule has 0 spiro atoms. The van der Waals surface area contributed by atoms with Crippen LogP contribution in [0, 0.1) is 0 Å². The topological polar surface area (TPSA) is 69.6 Å². The van der Waals surface area contributed by atoms with Gasteiger partial charge in [-0.15, -0.1) is 0 Å². The summed E-state index contributed by atoms with van der Waals surface area (Å²) in [6.07, 6.45) is 8.76. The van der Waals surface area contributed by atoms with E-state index in [-0.39, 0.29) is 18.7 Å². The van der Waals surface area contributed by atoms with Crippen molar-refractivity contribution in [3.8, 4) is 0 Å². The van der Waals surface area contributed by atoms with Gasteiger partial charge in [-0.2, -0.15) is 29.2 Å². The molecule has 1 aliphatic carbocycles. The molecule has 1 aliphatic heterocycles. The molecule has 118 valence electrons. The minimum Gasteiger partial charge on any atom is -0.395 e. The molecule has 2 rings (SSSR count). The van der Waals surface area contributed by atoms with Gasteiger partial charge in [0, 0.05) is 23.9 Å². The van der Waals surface area contributed by atoms with Gasteiger partial charge in [-0.3, -0.25) is 0 Å². The van der Waals surface area contributed by atoms with Crippen molar-refractivity contribution in [2.45, 2.75) is 62.3 Å². The molecule has 2 fully saturated rings. The molecule has 1 heterocycles. The van der Waals surface area contributed by atoms with E-state index in [4.69, 9.17) is 0 Å². The van der Waals surface area contributed by atoms with Gasteiger partial charge >= 0.3 is 0 Å². The van der Waals surface area contributed by atoms with E-state index in [9.17, 15) is 13.5 Å². The van der Waals surface area contributed by atoms with Crippen molar-refractivity contribution in [2.75, 3.05) is 19.4 Å². The summed E-state index contributed by atoms with van der Waals surface area (Å²) in [5, 5.41) is 10.0. The van der Waals surface area contributed by atoms with Crippen LogP contribution >= 0.6 is 11.8 Å².